The molecule has 1 spiro atoms. The monoisotopic (exact) mass is 382 g/mol. The first kappa shape index (κ1) is 17.4. The van der Waals surface area contributed by atoms with Gasteiger partial charge in [0.05, 0.1) is 0 Å². The molecule has 132 valence electrons. The summed E-state index contributed by atoms with van der Waals surface area (Å²) in [7, 11) is 0. The van der Waals surface area contributed by atoms with Crippen LogP contribution < -0.4 is 0 Å². The van der Waals surface area contributed by atoms with Crippen LogP contribution in [0, 0.1) is 6.92 Å². The van der Waals surface area contributed by atoms with E-state index in [0.29, 0.717) is 15.6 Å². The Kier molecular flexibility index (Phi) is 4.41. The Morgan fingerprint density at radius 2 is 1.85 bits per heavy atom. The molecule has 0 N–H and O–H groups in total. The Hall–Kier alpha value is -2.04. The molecule has 4 rings (SSSR count). The average Bonchev–Trinajstić information content (AvgIpc) is 3.20. The minimum absolute atomic E-state index is 0.0617. The number of carbonyl (C=O) groups is 1. The Morgan fingerprint density at radius 1 is 1.15 bits per heavy atom. The lowest BCUT2D eigenvalue weighted by Crippen LogP contribution is -2.48. The van der Waals surface area contributed by atoms with Crippen molar-refractivity contribution in [3.8, 4) is 0 Å². The zero-order chi connectivity index (χ0) is 18.3. The summed E-state index contributed by atoms with van der Waals surface area (Å²) in [4.78, 5) is 20.6. The molecule has 2 aromatic carbocycles. The van der Waals surface area contributed by atoms with Crippen molar-refractivity contribution in [3.05, 3.63) is 70.2 Å². The van der Waals surface area contributed by atoms with E-state index in [0.717, 1.165) is 42.5 Å². The molecule has 26 heavy (non-hydrogen) atoms. The maximum absolute atomic E-state index is 13.3. The van der Waals surface area contributed by atoms with Crippen LogP contribution in [0.1, 0.15) is 47.2 Å². The standard InChI is InChI=1S/C21H19ClN2OS/c1-14-5-4-6-16(13-14)19(25)24-20(26)18(15-7-9-17(22)10-8-15)23-21(24)11-2-3-12-21/h4-10,13H,2-3,11-12H2,1H3. The van der Waals surface area contributed by atoms with Gasteiger partial charge in [0.25, 0.3) is 5.91 Å². The molecule has 1 heterocycles. The number of amides is 1. The van der Waals surface area contributed by atoms with Crippen molar-refractivity contribution in [2.75, 3.05) is 0 Å². The molecule has 0 aromatic heterocycles. The molecule has 5 heteroatoms. The van der Waals surface area contributed by atoms with Crippen LogP contribution in [0.2, 0.25) is 5.02 Å². The van der Waals surface area contributed by atoms with E-state index in [1.165, 1.54) is 0 Å². The molecule has 0 bridgehead atoms. The number of benzene rings is 2. The lowest BCUT2D eigenvalue weighted by molar-refractivity contribution is 0.0724. The van der Waals surface area contributed by atoms with Gasteiger partial charge in [-0.05, 0) is 56.9 Å². The minimum atomic E-state index is -0.535. The zero-order valence-electron chi connectivity index (χ0n) is 14.5. The van der Waals surface area contributed by atoms with Gasteiger partial charge in [-0.2, -0.15) is 0 Å². The molecule has 0 saturated heterocycles. The van der Waals surface area contributed by atoms with Crippen LogP contribution in [0.25, 0.3) is 0 Å². The number of halogens is 1. The molecule has 1 amide bonds. The predicted molar refractivity (Wildman–Crippen MR) is 109 cm³/mol. The fourth-order valence-corrected chi connectivity index (χ4v) is 4.40. The van der Waals surface area contributed by atoms with Gasteiger partial charge >= 0.3 is 0 Å². The highest BCUT2D eigenvalue weighted by molar-refractivity contribution is 7.82. The second-order valence-corrected chi connectivity index (χ2v) is 7.80. The average molecular weight is 383 g/mol. The summed E-state index contributed by atoms with van der Waals surface area (Å²) in [5.74, 6) is -0.0617. The third kappa shape index (κ3) is 2.87. The van der Waals surface area contributed by atoms with Gasteiger partial charge in [-0.3, -0.25) is 14.7 Å². The topological polar surface area (TPSA) is 32.7 Å². The van der Waals surface area contributed by atoms with Crippen LogP contribution in [-0.2, 0) is 0 Å². The van der Waals surface area contributed by atoms with Gasteiger partial charge < -0.3 is 0 Å². The van der Waals surface area contributed by atoms with Crippen LogP contribution in [0.3, 0.4) is 0 Å². The first-order valence-corrected chi connectivity index (χ1v) is 9.60. The lowest BCUT2D eigenvalue weighted by Gasteiger charge is -2.32. The van der Waals surface area contributed by atoms with Crippen molar-refractivity contribution in [1.29, 1.82) is 0 Å². The number of aryl methyl sites for hydroxylation is 1. The molecule has 0 unspecified atom stereocenters. The fraction of sp³-hybridized carbons (Fsp3) is 0.286. The number of aliphatic imine (C=N–C) groups is 1. The number of nitrogens with zero attached hydrogens (tertiary/aromatic N) is 2. The third-order valence-corrected chi connectivity index (χ3v) is 5.76. The fourth-order valence-electron chi connectivity index (χ4n) is 3.86. The molecule has 2 aliphatic rings. The van der Waals surface area contributed by atoms with Gasteiger partial charge in [0, 0.05) is 16.1 Å². The van der Waals surface area contributed by atoms with E-state index < -0.39 is 5.66 Å². The second kappa shape index (κ2) is 6.60. The number of carbonyl (C=O) groups excluding carboxylic acids is 1. The Labute approximate surface area is 163 Å². The maximum atomic E-state index is 13.3. The Bertz CT molecular complexity index is 914. The van der Waals surface area contributed by atoms with Crippen molar-refractivity contribution >= 4 is 40.4 Å². The Balaban J connectivity index is 1.76. The molecule has 1 aliphatic carbocycles. The highest BCUT2D eigenvalue weighted by Crippen LogP contribution is 2.42. The number of thiocarbonyl (C=S) groups is 1. The summed E-state index contributed by atoms with van der Waals surface area (Å²) in [6, 6.07) is 15.1. The van der Waals surface area contributed by atoms with Gasteiger partial charge in [0.15, 0.2) is 0 Å². The summed E-state index contributed by atoms with van der Waals surface area (Å²) < 4.78 is 0. The maximum Gasteiger partial charge on any atom is 0.260 e. The highest BCUT2D eigenvalue weighted by atomic mass is 35.5. The van der Waals surface area contributed by atoms with Gasteiger partial charge in [0.1, 0.15) is 16.4 Å². The number of hydrogen-bond donors (Lipinski definition) is 0. The van der Waals surface area contributed by atoms with Crippen LogP contribution in [0.4, 0.5) is 0 Å². The van der Waals surface area contributed by atoms with E-state index >= 15 is 0 Å². The van der Waals surface area contributed by atoms with Crippen molar-refractivity contribution in [2.24, 2.45) is 4.99 Å². The van der Waals surface area contributed by atoms with Crippen LogP contribution >= 0.6 is 23.8 Å². The van der Waals surface area contributed by atoms with E-state index in [1.54, 1.807) is 4.90 Å². The molecule has 1 saturated carbocycles. The summed E-state index contributed by atoms with van der Waals surface area (Å²) >= 11 is 11.7. The normalized spacial score (nSPS) is 18.5. The molecule has 2 aromatic rings. The molecular formula is C21H19ClN2OS. The summed E-state index contributed by atoms with van der Waals surface area (Å²) in [6.07, 6.45) is 3.80. The predicted octanol–water partition coefficient (Wildman–Crippen LogP) is 5.19. The highest BCUT2D eigenvalue weighted by Gasteiger charge is 2.50. The van der Waals surface area contributed by atoms with Crippen molar-refractivity contribution in [3.63, 3.8) is 0 Å². The third-order valence-electron chi connectivity index (χ3n) is 5.13. The molecular weight excluding hydrogens is 364 g/mol. The first-order chi connectivity index (χ1) is 12.5. The van der Waals surface area contributed by atoms with E-state index in [-0.39, 0.29) is 5.91 Å². The molecule has 1 fully saturated rings. The van der Waals surface area contributed by atoms with E-state index in [2.05, 4.69) is 0 Å². The van der Waals surface area contributed by atoms with Gasteiger partial charge in [-0.25, -0.2) is 0 Å². The number of rotatable bonds is 2. The second-order valence-electron chi connectivity index (χ2n) is 6.97. The van der Waals surface area contributed by atoms with Crippen LogP contribution in [0.5, 0.6) is 0 Å². The molecule has 0 radical (unpaired) electrons. The summed E-state index contributed by atoms with van der Waals surface area (Å²) in [5.41, 5.74) is 2.81. The van der Waals surface area contributed by atoms with Crippen molar-refractivity contribution < 1.29 is 4.79 Å². The summed E-state index contributed by atoms with van der Waals surface area (Å²) in [5, 5.41) is 0.668. The van der Waals surface area contributed by atoms with E-state index in [1.807, 2.05) is 55.5 Å². The summed E-state index contributed by atoms with van der Waals surface area (Å²) in [6.45, 7) is 1.99. The van der Waals surface area contributed by atoms with Crippen molar-refractivity contribution in [1.82, 2.24) is 4.90 Å². The largest absolute Gasteiger partial charge is 0.271 e. The molecule has 0 atom stereocenters. The van der Waals surface area contributed by atoms with Gasteiger partial charge in [-0.1, -0.05) is 53.6 Å². The smallest absolute Gasteiger partial charge is 0.260 e. The SMILES string of the molecule is Cc1cccc(C(=O)N2C(=S)C(c3ccc(Cl)cc3)=NC23CCCC3)c1. The van der Waals surface area contributed by atoms with Crippen LogP contribution in [-0.4, -0.2) is 27.2 Å². The molecule has 3 nitrogen and oxygen atoms in total. The van der Waals surface area contributed by atoms with Gasteiger partial charge in [-0.15, -0.1) is 0 Å². The zero-order valence-corrected chi connectivity index (χ0v) is 16.1. The minimum Gasteiger partial charge on any atom is -0.271 e. The quantitative estimate of drug-likeness (QED) is 0.669. The number of hydrogen-bond acceptors (Lipinski definition) is 3. The Morgan fingerprint density at radius 3 is 2.50 bits per heavy atom. The van der Waals surface area contributed by atoms with E-state index in [9.17, 15) is 4.79 Å². The lowest BCUT2D eigenvalue weighted by atomic mass is 10.1. The van der Waals surface area contributed by atoms with E-state index in [4.69, 9.17) is 28.8 Å². The first-order valence-electron chi connectivity index (χ1n) is 8.82. The van der Waals surface area contributed by atoms with Gasteiger partial charge in [0.2, 0.25) is 0 Å². The molecule has 1 aliphatic heterocycles. The van der Waals surface area contributed by atoms with Crippen LogP contribution in [0.15, 0.2) is 53.5 Å². The van der Waals surface area contributed by atoms with Crippen molar-refractivity contribution in [2.45, 2.75) is 38.3 Å².